The number of phenols is 2. The number of nitrogens with zero attached hydrogens (tertiary/aromatic N) is 4. The van der Waals surface area contributed by atoms with Crippen molar-refractivity contribution in [2.45, 2.75) is 114 Å². The van der Waals surface area contributed by atoms with Gasteiger partial charge in [-0.3, -0.25) is 28.8 Å². The molecule has 27 heteroatoms. The number of carboxylic acids is 1. The average molecular weight is 1240 g/mol. The summed E-state index contributed by atoms with van der Waals surface area (Å²) in [4.78, 5) is 144. The van der Waals surface area contributed by atoms with Crippen molar-refractivity contribution in [3.8, 4) is 23.0 Å². The van der Waals surface area contributed by atoms with Crippen LogP contribution in [0.5, 0.6) is 23.0 Å². The molecule has 27 nitrogen and oxygen atoms in total. The van der Waals surface area contributed by atoms with Crippen LogP contribution in [0.3, 0.4) is 0 Å². The quantitative estimate of drug-likeness (QED) is 0.00907. The highest BCUT2D eigenvalue weighted by Gasteiger charge is 2.54. The third-order valence-corrected chi connectivity index (χ3v) is 15.3. The number of benzene rings is 5. The van der Waals surface area contributed by atoms with Gasteiger partial charge in [0.25, 0.3) is 0 Å². The Labute approximate surface area is 516 Å². The second-order valence-corrected chi connectivity index (χ2v) is 22.4. The second-order valence-electron chi connectivity index (χ2n) is 22.4. The van der Waals surface area contributed by atoms with E-state index < -0.39 is 120 Å². The average Bonchev–Trinajstić information content (AvgIpc) is 1.44. The van der Waals surface area contributed by atoms with Gasteiger partial charge < -0.3 is 71.2 Å². The number of anilines is 1. The Balaban J connectivity index is 0.860. The number of nitrogens with one attached hydrogen (secondary N) is 5. The molecule has 0 aliphatic carbocycles. The lowest BCUT2D eigenvalue weighted by molar-refractivity contribution is -0.145. The number of amides is 5. The molecule has 0 saturated carbocycles. The number of unbranched alkanes of at least 4 members (excludes halogenated alkanes) is 1. The van der Waals surface area contributed by atoms with Crippen molar-refractivity contribution in [2.75, 3.05) is 32.1 Å². The summed E-state index contributed by atoms with van der Waals surface area (Å²) >= 11 is 0. The summed E-state index contributed by atoms with van der Waals surface area (Å²) in [5, 5.41) is 48.9. The van der Waals surface area contributed by atoms with E-state index in [1.54, 1.807) is 26.0 Å². The zero-order chi connectivity index (χ0) is 65.1. The molecule has 3 aliphatic heterocycles. The number of fused-ring (bicyclic) bond motifs is 6. The predicted octanol–water partition coefficient (Wildman–Crippen LogP) is 5.18. The Bertz CT molecular complexity index is 3560. The molecule has 1 spiro atoms. The molecule has 10 N–H and O–H groups in total. The lowest BCUT2D eigenvalue weighted by Gasteiger charge is -2.36. The number of aromatic hydroxyl groups is 2. The van der Waals surface area contributed by atoms with Crippen LogP contribution in [-0.4, -0.2) is 143 Å². The van der Waals surface area contributed by atoms with Crippen molar-refractivity contribution in [2.24, 2.45) is 21.9 Å². The number of esters is 3. The van der Waals surface area contributed by atoms with Crippen LogP contribution in [0.4, 0.5) is 17.1 Å². The van der Waals surface area contributed by atoms with Gasteiger partial charge in [0.2, 0.25) is 29.5 Å². The Morgan fingerprint density at radius 2 is 1.31 bits per heavy atom. The Morgan fingerprint density at radius 3 is 1.91 bits per heavy atom. The number of aliphatic carboxylic acids is 1. The molecule has 8 rings (SSSR count). The third-order valence-electron chi connectivity index (χ3n) is 15.3. The maximum absolute atomic E-state index is 14.1. The molecule has 0 bridgehead atoms. The molecule has 3 heterocycles. The summed E-state index contributed by atoms with van der Waals surface area (Å²) in [5.74, 6) is -10.4. The van der Waals surface area contributed by atoms with E-state index in [2.05, 4.69) is 37.0 Å². The van der Waals surface area contributed by atoms with E-state index in [0.29, 0.717) is 37.2 Å². The normalized spacial score (nSPS) is 16.0. The third kappa shape index (κ3) is 15.2. The van der Waals surface area contributed by atoms with Gasteiger partial charge in [0.15, 0.2) is 5.60 Å². The summed E-state index contributed by atoms with van der Waals surface area (Å²) in [6.45, 7) is 6.36. The number of ether oxygens (including phenoxy) is 3. The number of hydroxylamine groups is 1. The molecule has 474 valence electrons. The van der Waals surface area contributed by atoms with Crippen molar-refractivity contribution < 1.29 is 82.3 Å². The Hall–Kier alpha value is -10.3. The number of likely N-dealkylation sites (tertiary alicyclic amines) is 1. The van der Waals surface area contributed by atoms with Crippen LogP contribution in [0.1, 0.15) is 120 Å². The fraction of sp³-hybridized carbons (Fsp3) is 0.365. The first kappa shape index (κ1) is 65.7. The summed E-state index contributed by atoms with van der Waals surface area (Å²) in [6.07, 6.45) is 0.438. The van der Waals surface area contributed by atoms with E-state index in [-0.39, 0.29) is 75.8 Å². The van der Waals surface area contributed by atoms with Gasteiger partial charge in [-0.15, -0.1) is 5.48 Å². The zero-order valence-corrected chi connectivity index (χ0v) is 50.1. The first-order chi connectivity index (χ1) is 42.9. The van der Waals surface area contributed by atoms with Gasteiger partial charge >= 0.3 is 29.8 Å². The number of phenolic OH excluding ortho intramolecular Hbond substituents is 2. The van der Waals surface area contributed by atoms with Crippen molar-refractivity contribution in [3.05, 3.63) is 137 Å². The van der Waals surface area contributed by atoms with Crippen molar-refractivity contribution >= 4 is 76.4 Å². The van der Waals surface area contributed by atoms with Gasteiger partial charge in [-0.25, -0.2) is 19.2 Å². The number of nitrogens with two attached hydrogens (primary N) is 1. The topological polar surface area (TPSA) is 386 Å². The first-order valence-electron chi connectivity index (χ1n) is 29.1. The van der Waals surface area contributed by atoms with E-state index in [9.17, 15) is 63.3 Å². The fourth-order valence-corrected chi connectivity index (χ4v) is 10.5. The van der Waals surface area contributed by atoms with Gasteiger partial charge in [0, 0.05) is 61.6 Å². The first-order valence-corrected chi connectivity index (χ1v) is 29.1. The highest BCUT2D eigenvalue weighted by Crippen LogP contribution is 2.57. The molecule has 6 atom stereocenters. The highest BCUT2D eigenvalue weighted by atomic mass is 16.7. The van der Waals surface area contributed by atoms with Gasteiger partial charge in [-0.2, -0.15) is 10.2 Å². The molecule has 5 aromatic carbocycles. The molecule has 90 heavy (non-hydrogen) atoms. The van der Waals surface area contributed by atoms with Crippen molar-refractivity contribution in [1.82, 2.24) is 31.6 Å². The minimum absolute atomic E-state index is 0.0193. The smallest absolute Gasteiger partial charge is 0.356 e. The van der Waals surface area contributed by atoms with Crippen LogP contribution in [-0.2, 0) is 53.5 Å². The molecule has 5 amide bonds. The monoisotopic (exact) mass is 1240 g/mol. The molecular weight excluding hydrogens is 1170 g/mol. The van der Waals surface area contributed by atoms with Crippen LogP contribution in [0.25, 0.3) is 0 Å². The van der Waals surface area contributed by atoms with Gasteiger partial charge in [0.05, 0.1) is 28.1 Å². The number of carbonyl (C=O) groups excluding carboxylic acids is 9. The van der Waals surface area contributed by atoms with Crippen LogP contribution in [0.2, 0.25) is 0 Å². The lowest BCUT2D eigenvalue weighted by atomic mass is 9.77. The maximum Gasteiger partial charge on any atom is 0.356 e. The fourth-order valence-electron chi connectivity index (χ4n) is 10.5. The van der Waals surface area contributed by atoms with E-state index in [1.165, 1.54) is 85.5 Å². The van der Waals surface area contributed by atoms with Crippen LogP contribution in [0.15, 0.2) is 113 Å². The minimum Gasteiger partial charge on any atom is -0.508 e. The number of hydrogen-bond acceptors (Lipinski definition) is 21. The second kappa shape index (κ2) is 28.7. The molecule has 5 aromatic rings. The summed E-state index contributed by atoms with van der Waals surface area (Å²) in [6, 6.07) is 17.6. The molecule has 1 fully saturated rings. The predicted molar refractivity (Wildman–Crippen MR) is 321 cm³/mol. The molecular formula is C63H70N10O17. The van der Waals surface area contributed by atoms with Crippen LogP contribution < -0.4 is 42.1 Å². The zero-order valence-electron chi connectivity index (χ0n) is 50.1. The van der Waals surface area contributed by atoms with E-state index in [0.717, 1.165) is 5.69 Å². The lowest BCUT2D eigenvalue weighted by Crippen LogP contribution is -2.59. The molecule has 1 saturated heterocycles. The van der Waals surface area contributed by atoms with Crippen LogP contribution in [0, 0.1) is 5.92 Å². The van der Waals surface area contributed by atoms with E-state index in [4.69, 9.17) is 24.8 Å². The molecule has 0 aromatic heterocycles. The number of azo groups is 1. The Kier molecular flexibility index (Phi) is 20.9. The highest BCUT2D eigenvalue weighted by molar-refractivity contribution is 6.03. The number of carboxylic acid groups (broad SMARTS) is 1. The number of carbonyl (C=O) groups is 10. The molecule has 0 radical (unpaired) electrons. The summed E-state index contributed by atoms with van der Waals surface area (Å²) in [7, 11) is 3.85. The van der Waals surface area contributed by atoms with Crippen molar-refractivity contribution in [3.63, 3.8) is 0 Å². The Morgan fingerprint density at radius 1 is 0.700 bits per heavy atom. The minimum atomic E-state index is -1.79. The number of hydrogen-bond donors (Lipinski definition) is 9. The van der Waals surface area contributed by atoms with Crippen LogP contribution >= 0.6 is 0 Å². The van der Waals surface area contributed by atoms with E-state index in [1.807, 2.05) is 43.3 Å². The standard InChI is InChI=1S/C63H70N10O17/c1-33(2)53(57(81)67-48(26-27-52(76)77)62(86)88-59(83)37-14-23-43-46(30-37)63(89-61(43)85)44-24-21-41(74)31-50(44)87-51-32-42(75)22-25-45(51)63)68-56(80)49-11-9-29-73(49)58(82)35(4)66-54(78)34(3)65-55(79)47(10-7-8-28-64)71-90-60(84)36-12-15-38(16-13-36)69-70-39-17-19-40(20-18-39)72(5)6/h12-25,30-35,47-49,53,71,74-75H,7-11,26-29,64H2,1-6H3,(H,65,79)(H,66,78)(H,67,81)(H,68,80)(H,76,77)/t34-,35-,47-,48-,49-,53-/m0/s1. The van der Waals surface area contributed by atoms with Gasteiger partial charge in [-0.1, -0.05) is 13.8 Å². The summed E-state index contributed by atoms with van der Waals surface area (Å²) in [5.41, 5.74) is 9.02. The molecule has 0 unspecified atom stereocenters. The molecule has 3 aliphatic rings. The largest absolute Gasteiger partial charge is 0.508 e. The van der Waals surface area contributed by atoms with Crippen molar-refractivity contribution in [1.29, 1.82) is 0 Å². The van der Waals surface area contributed by atoms with Gasteiger partial charge in [0.1, 0.15) is 59.2 Å². The van der Waals surface area contributed by atoms with E-state index >= 15 is 0 Å². The maximum atomic E-state index is 14.1. The van der Waals surface area contributed by atoms with Gasteiger partial charge in [-0.05, 0) is 156 Å². The SMILES string of the molecule is CC(C)[C@H](NC(=O)[C@@H]1CCCN1C(=O)[C@H](C)NC(=O)[C@H](C)NC(=O)[C@H](CCCCN)NOC(=O)c1ccc(N=Nc2ccc(N(C)C)cc2)cc1)C(=O)N[C@@H](CCC(=O)O)C(=O)OC(=O)c1ccc2c(c1)C1(OC2=O)c2ccc(O)cc2Oc2cc(O)ccc21. The summed E-state index contributed by atoms with van der Waals surface area (Å²) < 4.78 is 17.3. The number of rotatable bonds is 25.